The molecule has 2 bridgehead atoms. The molecule has 4 aliphatic rings. The number of esters is 2. The van der Waals surface area contributed by atoms with Crippen LogP contribution in [0.5, 0.6) is 11.5 Å². The fraction of sp³-hybridized carbons (Fsp3) is 0.345. The van der Waals surface area contributed by atoms with Crippen LogP contribution < -0.4 is 5.63 Å². The molecule has 1 saturated carbocycles. The number of cyclic esters (lactones) is 1. The van der Waals surface area contributed by atoms with Crippen molar-refractivity contribution in [3.63, 3.8) is 0 Å². The zero-order valence-electron chi connectivity index (χ0n) is 21.7. The highest BCUT2D eigenvalue weighted by Gasteiger charge is 2.80. The summed E-state index contributed by atoms with van der Waals surface area (Å²) in [6.45, 7) is 3.94. The van der Waals surface area contributed by atoms with E-state index < -0.39 is 76.2 Å². The van der Waals surface area contributed by atoms with Gasteiger partial charge in [0.2, 0.25) is 0 Å². The van der Waals surface area contributed by atoms with Crippen LogP contribution in [0.25, 0.3) is 10.8 Å². The van der Waals surface area contributed by atoms with Crippen molar-refractivity contribution in [3.05, 3.63) is 67.8 Å². The first kappa shape index (κ1) is 24.5. The number of phenols is 2. The summed E-state index contributed by atoms with van der Waals surface area (Å²) in [6, 6.07) is 2.61. The summed E-state index contributed by atoms with van der Waals surface area (Å²) in [7, 11) is 1.31. The Balaban J connectivity index is 1.73. The molecule has 2 N–H and O–H groups in total. The summed E-state index contributed by atoms with van der Waals surface area (Å²) >= 11 is 0. The highest BCUT2D eigenvalue weighted by atomic mass is 16.6. The van der Waals surface area contributed by atoms with E-state index in [9.17, 15) is 34.2 Å². The number of benzene rings is 2. The lowest BCUT2D eigenvalue weighted by atomic mass is 9.59. The number of aryl methyl sites for hydroxylation is 2. The molecule has 1 unspecified atom stereocenters. The maximum absolute atomic E-state index is 14.6. The van der Waals surface area contributed by atoms with Crippen molar-refractivity contribution in [2.75, 3.05) is 13.7 Å². The molecule has 11 nitrogen and oxygen atoms in total. The van der Waals surface area contributed by atoms with Crippen LogP contribution in [0.3, 0.4) is 0 Å². The van der Waals surface area contributed by atoms with Crippen molar-refractivity contribution in [2.24, 2.45) is 11.8 Å². The van der Waals surface area contributed by atoms with E-state index in [0.717, 1.165) is 13.2 Å². The number of carbonyl (C=O) groups excluding carboxylic acids is 4. The molecule has 5 atom stereocenters. The average Bonchev–Trinajstić information content (AvgIpc) is 3.06. The first-order valence-corrected chi connectivity index (χ1v) is 12.6. The SMILES string of the molecule is CO[C@@]12c3c(C)cc(O)c4c(=O)occ(c34)C(=O)[C@@H]1[C@]13COC(=O)c4c(O)cc(C)c(c41)C(=O)C2[C@@H]3OC(C)=O. The summed E-state index contributed by atoms with van der Waals surface area (Å²) in [4.78, 5) is 67.6. The fourth-order valence-corrected chi connectivity index (χ4v) is 8.08. The topological polar surface area (TPSA) is 167 Å². The molecule has 0 saturated heterocycles. The maximum Gasteiger partial charge on any atom is 0.347 e. The van der Waals surface area contributed by atoms with Gasteiger partial charge < -0.3 is 28.8 Å². The lowest BCUT2D eigenvalue weighted by Crippen LogP contribution is -2.57. The van der Waals surface area contributed by atoms with Gasteiger partial charge in [0.05, 0.1) is 22.8 Å². The first-order valence-electron chi connectivity index (χ1n) is 12.6. The Hall–Kier alpha value is -4.51. The van der Waals surface area contributed by atoms with E-state index >= 15 is 0 Å². The van der Waals surface area contributed by atoms with Gasteiger partial charge in [0, 0.05) is 25.0 Å². The van der Waals surface area contributed by atoms with Crippen molar-refractivity contribution in [3.8, 4) is 11.5 Å². The van der Waals surface area contributed by atoms with Gasteiger partial charge in [0.25, 0.3) is 0 Å². The number of ketones is 2. The summed E-state index contributed by atoms with van der Waals surface area (Å²) in [6.07, 6.45) is -0.353. The van der Waals surface area contributed by atoms with Gasteiger partial charge in [-0.1, -0.05) is 0 Å². The zero-order chi connectivity index (χ0) is 28.6. The number of carbonyl (C=O) groups is 4. The van der Waals surface area contributed by atoms with Gasteiger partial charge in [-0.3, -0.25) is 14.4 Å². The van der Waals surface area contributed by atoms with Crippen LogP contribution in [0.1, 0.15) is 60.3 Å². The second-order valence-electron chi connectivity index (χ2n) is 10.9. The standard InChI is InChI=1S/C29H22O11/c1-9-5-14(32)18-20-15(9)23(34)21-25(40-11(3)30)28(20,8-39-27(18)36)24-22(33)12-7-38-26(35)17-13(31)6-10(2)19(16(12)17)29(21,24)37-4/h5-7,21,24-25,31-32H,8H2,1-4H3/t21?,24-,25+,28+,29-/m1/s1. The molecule has 11 heteroatoms. The van der Waals surface area contributed by atoms with Crippen molar-refractivity contribution in [1.29, 1.82) is 0 Å². The Labute approximate surface area is 225 Å². The van der Waals surface area contributed by atoms with Crippen LogP contribution in [-0.4, -0.2) is 53.5 Å². The van der Waals surface area contributed by atoms with Crippen LogP contribution in [0.15, 0.2) is 27.6 Å². The molecule has 7 rings (SSSR count). The van der Waals surface area contributed by atoms with E-state index in [2.05, 4.69) is 0 Å². The van der Waals surface area contributed by atoms with E-state index in [-0.39, 0.29) is 38.6 Å². The van der Waals surface area contributed by atoms with Crippen LogP contribution in [-0.2, 0) is 30.0 Å². The molecule has 1 spiro atoms. The third kappa shape index (κ3) is 2.40. The smallest absolute Gasteiger partial charge is 0.347 e. The predicted octanol–water partition coefficient (Wildman–Crippen LogP) is 2.34. The van der Waals surface area contributed by atoms with Crippen LogP contribution in [0.2, 0.25) is 0 Å². The summed E-state index contributed by atoms with van der Waals surface area (Å²) in [5, 5.41) is 21.5. The second-order valence-corrected chi connectivity index (χ2v) is 10.9. The lowest BCUT2D eigenvalue weighted by Gasteiger charge is -2.47. The molecule has 1 fully saturated rings. The summed E-state index contributed by atoms with van der Waals surface area (Å²) in [5.41, 5.74) is -3.47. The monoisotopic (exact) mass is 546 g/mol. The van der Waals surface area contributed by atoms with Crippen LogP contribution in [0.4, 0.5) is 0 Å². The van der Waals surface area contributed by atoms with E-state index in [1.54, 1.807) is 13.8 Å². The summed E-state index contributed by atoms with van der Waals surface area (Å²) in [5.74, 6) is -6.33. The third-order valence-corrected chi connectivity index (χ3v) is 9.17. The molecule has 0 amide bonds. The van der Waals surface area contributed by atoms with Gasteiger partial charge in [-0.2, -0.15) is 0 Å². The van der Waals surface area contributed by atoms with Gasteiger partial charge in [-0.15, -0.1) is 0 Å². The molecule has 1 aliphatic heterocycles. The molecule has 1 aromatic heterocycles. The molecule has 3 aromatic rings. The van der Waals surface area contributed by atoms with Crippen LogP contribution in [0, 0.1) is 25.7 Å². The van der Waals surface area contributed by atoms with Gasteiger partial charge in [0.1, 0.15) is 47.0 Å². The number of methoxy groups -OCH3 is 1. The molecule has 2 heterocycles. The highest BCUT2D eigenvalue weighted by molar-refractivity contribution is 6.19. The predicted molar refractivity (Wildman–Crippen MR) is 134 cm³/mol. The molecule has 204 valence electrons. The van der Waals surface area contributed by atoms with Crippen molar-refractivity contribution in [2.45, 2.75) is 37.9 Å². The molecule has 3 aliphatic carbocycles. The lowest BCUT2D eigenvalue weighted by molar-refractivity contribution is -0.154. The fourth-order valence-electron chi connectivity index (χ4n) is 8.08. The minimum atomic E-state index is -1.83. The van der Waals surface area contributed by atoms with E-state index in [1.807, 2.05) is 0 Å². The van der Waals surface area contributed by atoms with Gasteiger partial charge in [-0.25, -0.2) is 9.59 Å². The number of hydrogen-bond donors (Lipinski definition) is 2. The van der Waals surface area contributed by atoms with Gasteiger partial charge in [0.15, 0.2) is 11.6 Å². The Morgan fingerprint density at radius 1 is 0.975 bits per heavy atom. The van der Waals surface area contributed by atoms with Crippen molar-refractivity contribution in [1.82, 2.24) is 0 Å². The summed E-state index contributed by atoms with van der Waals surface area (Å²) < 4.78 is 22.8. The van der Waals surface area contributed by atoms with E-state index in [0.29, 0.717) is 11.1 Å². The van der Waals surface area contributed by atoms with Crippen molar-refractivity contribution < 1.29 is 48.0 Å². The van der Waals surface area contributed by atoms with Crippen LogP contribution >= 0.6 is 0 Å². The first-order chi connectivity index (χ1) is 18.9. The number of aromatic hydroxyl groups is 2. The Morgan fingerprint density at radius 2 is 1.68 bits per heavy atom. The number of Topliss-reactive ketones (excluding diaryl/α,β-unsaturated/α-hetero) is 2. The zero-order valence-corrected chi connectivity index (χ0v) is 21.7. The Kier molecular flexibility index (Phi) is 4.51. The normalized spacial score (nSPS) is 29.2. The van der Waals surface area contributed by atoms with Crippen molar-refractivity contribution >= 4 is 34.3 Å². The number of hydrogen-bond acceptors (Lipinski definition) is 11. The largest absolute Gasteiger partial charge is 0.507 e. The number of rotatable bonds is 2. The second kappa shape index (κ2) is 7.36. The Bertz CT molecular complexity index is 1850. The minimum Gasteiger partial charge on any atom is -0.507 e. The highest BCUT2D eigenvalue weighted by Crippen LogP contribution is 2.70. The molecule has 2 aromatic carbocycles. The average molecular weight is 546 g/mol. The van der Waals surface area contributed by atoms with E-state index in [1.165, 1.54) is 19.2 Å². The molecule has 40 heavy (non-hydrogen) atoms. The Morgan fingerprint density at radius 3 is 2.35 bits per heavy atom. The molecular formula is C29H22O11. The maximum atomic E-state index is 14.6. The van der Waals surface area contributed by atoms with Gasteiger partial charge in [-0.05, 0) is 48.2 Å². The van der Waals surface area contributed by atoms with E-state index in [4.69, 9.17) is 18.6 Å². The molecule has 0 radical (unpaired) electrons. The quantitative estimate of drug-likeness (QED) is 0.453. The number of fused-ring (bicyclic) bond motifs is 4. The number of phenolic OH excluding ortho intramolecular Hbond substituents is 2. The third-order valence-electron chi connectivity index (χ3n) is 9.17. The molecular weight excluding hydrogens is 524 g/mol. The number of ether oxygens (including phenoxy) is 3. The van der Waals surface area contributed by atoms with Gasteiger partial charge >= 0.3 is 17.6 Å². The minimum absolute atomic E-state index is 0.0471.